The van der Waals surface area contributed by atoms with E-state index in [2.05, 4.69) is 35.1 Å². The van der Waals surface area contributed by atoms with Gasteiger partial charge < -0.3 is 14.4 Å². The number of halogens is 1. The summed E-state index contributed by atoms with van der Waals surface area (Å²) in [6.45, 7) is 2.54. The molecule has 1 unspecified atom stereocenters. The molecule has 3 rings (SSSR count). The van der Waals surface area contributed by atoms with Gasteiger partial charge >= 0.3 is 0 Å². The molecule has 6 nitrogen and oxygen atoms in total. The van der Waals surface area contributed by atoms with Crippen LogP contribution in [0.5, 0.6) is 0 Å². The highest BCUT2D eigenvalue weighted by atomic mass is 79.9. The molecule has 1 aliphatic heterocycles. The minimum absolute atomic E-state index is 0.0375. The Balaban J connectivity index is 1.91. The number of nitro benzene ring substituents is 1. The number of benzene rings is 2. The minimum atomic E-state index is -2.66. The molecule has 1 heterocycles. The first kappa shape index (κ1) is 20.4. The molecule has 0 aliphatic carbocycles. The van der Waals surface area contributed by atoms with Crippen molar-refractivity contribution in [3.05, 3.63) is 68.7 Å². The third-order valence-corrected chi connectivity index (χ3v) is 7.99. The lowest BCUT2D eigenvalue weighted by molar-refractivity contribution is -0.384. The highest BCUT2D eigenvalue weighted by molar-refractivity contribution is 9.10. The summed E-state index contributed by atoms with van der Waals surface area (Å²) in [7, 11) is 0. The van der Waals surface area contributed by atoms with E-state index in [1.807, 2.05) is 24.3 Å². The number of nitrogens with one attached hydrogen (secondary N) is 1. The summed E-state index contributed by atoms with van der Waals surface area (Å²) < 4.78 is 13.1. The zero-order valence-corrected chi connectivity index (χ0v) is 18.2. The maximum Gasteiger partial charge on any atom is 0.269 e. The van der Waals surface area contributed by atoms with Crippen LogP contribution in [-0.4, -0.2) is 18.1 Å². The molecule has 1 saturated heterocycles. The Morgan fingerprint density at radius 1 is 1.15 bits per heavy atom. The first-order chi connectivity index (χ1) is 12.7. The molecular formula is C18H20BrN2O4PS. The van der Waals surface area contributed by atoms with Crippen molar-refractivity contribution in [2.24, 2.45) is 5.41 Å². The van der Waals surface area contributed by atoms with Gasteiger partial charge in [-0.2, -0.15) is 0 Å². The van der Waals surface area contributed by atoms with E-state index in [1.165, 1.54) is 12.1 Å². The van der Waals surface area contributed by atoms with E-state index in [0.29, 0.717) is 13.2 Å². The van der Waals surface area contributed by atoms with Gasteiger partial charge in [-0.05, 0) is 41.6 Å². The molecule has 144 valence electrons. The van der Waals surface area contributed by atoms with Gasteiger partial charge in [0.15, 0.2) is 0 Å². The van der Waals surface area contributed by atoms with Crippen molar-refractivity contribution in [2.75, 3.05) is 18.5 Å². The van der Waals surface area contributed by atoms with Crippen molar-refractivity contribution in [3.63, 3.8) is 0 Å². The number of non-ortho nitro benzene ring substituents is 1. The second-order valence-electron chi connectivity index (χ2n) is 7.15. The average molecular weight is 471 g/mol. The molecule has 0 saturated carbocycles. The van der Waals surface area contributed by atoms with Gasteiger partial charge in [-0.25, -0.2) is 0 Å². The predicted molar refractivity (Wildman–Crippen MR) is 114 cm³/mol. The summed E-state index contributed by atoms with van der Waals surface area (Å²) in [5, 5.41) is 14.3. The molecule has 0 bridgehead atoms. The lowest BCUT2D eigenvalue weighted by Gasteiger charge is -2.40. The van der Waals surface area contributed by atoms with Gasteiger partial charge in [-0.15, -0.1) is 0 Å². The number of nitrogens with zero attached hydrogens (tertiary/aromatic N) is 1. The molecule has 1 N–H and O–H groups in total. The lowest BCUT2D eigenvalue weighted by atomic mass is 9.97. The molecule has 0 spiro atoms. The Morgan fingerprint density at radius 2 is 1.70 bits per heavy atom. The smallest absolute Gasteiger partial charge is 0.269 e. The normalized spacial score (nSPS) is 19.2. The Morgan fingerprint density at radius 3 is 2.22 bits per heavy atom. The van der Waals surface area contributed by atoms with Crippen molar-refractivity contribution in [1.29, 1.82) is 0 Å². The van der Waals surface area contributed by atoms with Crippen LogP contribution in [0.4, 0.5) is 11.4 Å². The largest absolute Gasteiger partial charge is 0.370 e. The van der Waals surface area contributed by atoms with Gasteiger partial charge in [0.1, 0.15) is 5.78 Å². The van der Waals surface area contributed by atoms with Crippen LogP contribution in [0.1, 0.15) is 25.2 Å². The van der Waals surface area contributed by atoms with Gasteiger partial charge in [-0.3, -0.25) is 10.1 Å². The van der Waals surface area contributed by atoms with Gasteiger partial charge in [0.05, 0.1) is 18.1 Å². The first-order valence-electron chi connectivity index (χ1n) is 8.34. The van der Waals surface area contributed by atoms with Crippen LogP contribution in [0.2, 0.25) is 0 Å². The van der Waals surface area contributed by atoms with Crippen molar-refractivity contribution in [2.45, 2.75) is 19.6 Å². The molecule has 2 aromatic carbocycles. The van der Waals surface area contributed by atoms with E-state index in [4.69, 9.17) is 20.9 Å². The van der Waals surface area contributed by atoms with Gasteiger partial charge in [0, 0.05) is 27.7 Å². The van der Waals surface area contributed by atoms with Crippen LogP contribution < -0.4 is 5.32 Å². The Hall–Kier alpha value is -1.31. The van der Waals surface area contributed by atoms with Gasteiger partial charge in [0.25, 0.3) is 5.69 Å². The highest BCUT2D eigenvalue weighted by Gasteiger charge is 2.40. The third-order valence-electron chi connectivity index (χ3n) is 4.15. The second kappa shape index (κ2) is 7.97. The van der Waals surface area contributed by atoms with Crippen LogP contribution >= 0.6 is 22.4 Å². The zero-order chi connectivity index (χ0) is 19.7. The molecule has 2 aromatic rings. The summed E-state index contributed by atoms with van der Waals surface area (Å²) in [6.07, 6.45) is 0. The molecule has 1 atom stereocenters. The van der Waals surface area contributed by atoms with Crippen molar-refractivity contribution < 1.29 is 14.0 Å². The minimum Gasteiger partial charge on any atom is -0.370 e. The standard InChI is InChI=1S/C18H20BrN2O4PS/c1-18(2)11-24-26(27,25-12-18)17(13-3-5-14(19)6-4-13)20-15-7-9-16(10-8-15)21(22)23/h3-10,17,20H,11-12H2,1-2H3. The van der Waals surface area contributed by atoms with Crippen molar-refractivity contribution in [1.82, 2.24) is 0 Å². The van der Waals surface area contributed by atoms with Crippen LogP contribution in [0, 0.1) is 15.5 Å². The van der Waals surface area contributed by atoms with Gasteiger partial charge in [0.2, 0.25) is 6.49 Å². The number of rotatable bonds is 5. The van der Waals surface area contributed by atoms with Crippen molar-refractivity contribution >= 4 is 45.6 Å². The summed E-state index contributed by atoms with van der Waals surface area (Å²) >= 11 is 9.29. The van der Waals surface area contributed by atoms with E-state index in [-0.39, 0.29) is 16.9 Å². The highest BCUT2D eigenvalue weighted by Crippen LogP contribution is 2.64. The fourth-order valence-electron chi connectivity index (χ4n) is 2.58. The van der Waals surface area contributed by atoms with E-state index in [1.54, 1.807) is 12.1 Å². The van der Waals surface area contributed by atoms with Crippen molar-refractivity contribution in [3.8, 4) is 0 Å². The zero-order valence-electron chi connectivity index (χ0n) is 14.9. The SMILES string of the molecule is CC1(C)COP(=S)(C(Nc2ccc([N+](=O)[O-])cc2)c2ccc(Br)cc2)OC1. The van der Waals surface area contributed by atoms with E-state index >= 15 is 0 Å². The van der Waals surface area contributed by atoms with Crippen LogP contribution in [0.3, 0.4) is 0 Å². The summed E-state index contributed by atoms with van der Waals surface area (Å²) in [4.78, 5) is 10.5. The van der Waals surface area contributed by atoms with Crippen LogP contribution in [0.15, 0.2) is 53.0 Å². The van der Waals surface area contributed by atoms with Gasteiger partial charge in [-0.1, -0.05) is 41.9 Å². The van der Waals surface area contributed by atoms with Crippen LogP contribution in [0.25, 0.3) is 0 Å². The van der Waals surface area contributed by atoms with E-state index < -0.39 is 11.4 Å². The Labute approximate surface area is 171 Å². The molecule has 1 aliphatic rings. The monoisotopic (exact) mass is 470 g/mol. The second-order valence-corrected chi connectivity index (χ2v) is 11.7. The number of hydrogen-bond donors (Lipinski definition) is 1. The molecule has 0 aromatic heterocycles. The summed E-state index contributed by atoms with van der Waals surface area (Å²) in [6, 6.07) is 14.1. The molecule has 9 heteroatoms. The summed E-state index contributed by atoms with van der Waals surface area (Å²) in [5.74, 6) is -0.363. The molecular weight excluding hydrogens is 451 g/mol. The molecule has 0 amide bonds. The topological polar surface area (TPSA) is 73.6 Å². The molecule has 1 fully saturated rings. The fourth-order valence-corrected chi connectivity index (χ4v) is 5.96. The Kier molecular flexibility index (Phi) is 6.03. The maximum atomic E-state index is 10.9. The van der Waals surface area contributed by atoms with Crippen LogP contribution in [-0.2, 0) is 20.9 Å². The number of anilines is 1. The third kappa shape index (κ3) is 4.95. The summed E-state index contributed by atoms with van der Waals surface area (Å²) in [5.41, 5.74) is 1.62. The number of nitro groups is 1. The first-order valence-corrected chi connectivity index (χ1v) is 11.8. The predicted octanol–water partition coefficient (Wildman–Crippen LogP) is 5.85. The molecule has 27 heavy (non-hydrogen) atoms. The fraction of sp³-hybridized carbons (Fsp3) is 0.333. The maximum absolute atomic E-state index is 10.9. The van der Waals surface area contributed by atoms with E-state index in [9.17, 15) is 10.1 Å². The lowest BCUT2D eigenvalue weighted by Crippen LogP contribution is -2.31. The molecule has 0 radical (unpaired) electrons. The Bertz CT molecular complexity index is 860. The number of hydrogen-bond acceptors (Lipinski definition) is 6. The average Bonchev–Trinajstić information content (AvgIpc) is 2.64. The quantitative estimate of drug-likeness (QED) is 0.335. The van der Waals surface area contributed by atoms with E-state index in [0.717, 1.165) is 15.7 Å².